The highest BCUT2D eigenvalue weighted by Crippen LogP contribution is 2.28. The first-order valence-electron chi connectivity index (χ1n) is 6.76. The molecule has 1 aromatic heterocycles. The highest BCUT2D eigenvalue weighted by molar-refractivity contribution is 9.10. The lowest BCUT2D eigenvalue weighted by atomic mass is 10.0. The van der Waals surface area contributed by atoms with Gasteiger partial charge >= 0.3 is 0 Å². The van der Waals surface area contributed by atoms with Crippen LogP contribution in [0.4, 0.5) is 0 Å². The van der Waals surface area contributed by atoms with Gasteiger partial charge in [0.2, 0.25) is 0 Å². The molecular formula is C16H20BrNO2. The smallest absolute Gasteiger partial charge is 0.133 e. The van der Waals surface area contributed by atoms with Crippen LogP contribution in [0.1, 0.15) is 30.0 Å². The van der Waals surface area contributed by atoms with Gasteiger partial charge in [-0.2, -0.15) is 0 Å². The highest BCUT2D eigenvalue weighted by Gasteiger charge is 2.15. The van der Waals surface area contributed by atoms with Crippen molar-refractivity contribution in [2.45, 2.75) is 25.8 Å². The van der Waals surface area contributed by atoms with Gasteiger partial charge in [-0.1, -0.05) is 13.0 Å². The average Bonchev–Trinajstić information content (AvgIpc) is 2.93. The predicted octanol–water partition coefficient (Wildman–Crippen LogP) is 4.12. The third-order valence-corrected chi connectivity index (χ3v) is 4.00. The van der Waals surface area contributed by atoms with E-state index in [4.69, 9.17) is 9.15 Å². The Morgan fingerprint density at radius 3 is 2.65 bits per heavy atom. The van der Waals surface area contributed by atoms with E-state index in [1.54, 1.807) is 7.11 Å². The number of nitrogens with one attached hydrogen (secondary N) is 1. The molecule has 0 aliphatic heterocycles. The van der Waals surface area contributed by atoms with Crippen LogP contribution in [-0.4, -0.2) is 14.2 Å². The van der Waals surface area contributed by atoms with Crippen molar-refractivity contribution in [1.82, 2.24) is 5.32 Å². The van der Waals surface area contributed by atoms with Crippen LogP contribution in [0.2, 0.25) is 0 Å². The molecule has 0 aliphatic carbocycles. The van der Waals surface area contributed by atoms with Gasteiger partial charge < -0.3 is 14.5 Å². The van der Waals surface area contributed by atoms with E-state index < -0.39 is 0 Å². The molecule has 20 heavy (non-hydrogen) atoms. The summed E-state index contributed by atoms with van der Waals surface area (Å²) in [6.07, 6.45) is 1.79. The standard InChI is InChI=1S/C16H20BrNO2/c1-4-12-6-8-16(20-12)14(18-2)10-11-5-7-15(19-3)13(17)9-11/h5-9,14,18H,4,10H2,1-3H3. The van der Waals surface area contributed by atoms with Crippen molar-refractivity contribution in [3.05, 3.63) is 51.9 Å². The van der Waals surface area contributed by atoms with E-state index in [9.17, 15) is 0 Å². The Labute approximate surface area is 128 Å². The van der Waals surface area contributed by atoms with Gasteiger partial charge in [-0.15, -0.1) is 0 Å². The predicted molar refractivity (Wildman–Crippen MR) is 84.3 cm³/mol. The lowest BCUT2D eigenvalue weighted by Gasteiger charge is -2.14. The second-order valence-electron chi connectivity index (χ2n) is 4.67. The molecule has 4 heteroatoms. The maximum absolute atomic E-state index is 5.83. The maximum atomic E-state index is 5.83. The van der Waals surface area contributed by atoms with Gasteiger partial charge in [0.1, 0.15) is 17.3 Å². The van der Waals surface area contributed by atoms with Crippen molar-refractivity contribution in [1.29, 1.82) is 0 Å². The molecule has 108 valence electrons. The maximum Gasteiger partial charge on any atom is 0.133 e. The topological polar surface area (TPSA) is 34.4 Å². The van der Waals surface area contributed by atoms with E-state index in [1.165, 1.54) is 5.56 Å². The fourth-order valence-electron chi connectivity index (χ4n) is 2.19. The van der Waals surface area contributed by atoms with Crippen molar-refractivity contribution < 1.29 is 9.15 Å². The number of ether oxygens (including phenoxy) is 1. The van der Waals surface area contributed by atoms with Gasteiger partial charge in [-0.25, -0.2) is 0 Å². The molecule has 1 N–H and O–H groups in total. The van der Waals surface area contributed by atoms with Crippen LogP contribution < -0.4 is 10.1 Å². The molecule has 0 amide bonds. The van der Waals surface area contributed by atoms with Crippen LogP contribution in [0.3, 0.4) is 0 Å². The van der Waals surface area contributed by atoms with E-state index in [0.717, 1.165) is 34.6 Å². The van der Waals surface area contributed by atoms with Crippen LogP contribution >= 0.6 is 15.9 Å². The lowest BCUT2D eigenvalue weighted by molar-refractivity contribution is 0.405. The molecule has 0 radical (unpaired) electrons. The number of hydrogen-bond acceptors (Lipinski definition) is 3. The Hall–Kier alpha value is -1.26. The lowest BCUT2D eigenvalue weighted by Crippen LogP contribution is -2.18. The summed E-state index contributed by atoms with van der Waals surface area (Å²) in [7, 11) is 3.63. The number of benzene rings is 1. The van der Waals surface area contributed by atoms with Crippen molar-refractivity contribution in [2.24, 2.45) is 0 Å². The highest BCUT2D eigenvalue weighted by atomic mass is 79.9. The van der Waals surface area contributed by atoms with Crippen molar-refractivity contribution >= 4 is 15.9 Å². The van der Waals surface area contributed by atoms with E-state index in [-0.39, 0.29) is 6.04 Å². The van der Waals surface area contributed by atoms with Crippen molar-refractivity contribution in [2.75, 3.05) is 14.2 Å². The van der Waals surface area contributed by atoms with Crippen LogP contribution in [0.25, 0.3) is 0 Å². The number of hydrogen-bond donors (Lipinski definition) is 1. The molecule has 0 bridgehead atoms. The molecule has 0 saturated carbocycles. The zero-order valence-corrected chi connectivity index (χ0v) is 13.7. The molecule has 0 aliphatic rings. The first kappa shape index (κ1) is 15.1. The fraction of sp³-hybridized carbons (Fsp3) is 0.375. The Bertz CT molecular complexity index is 565. The van der Waals surface area contributed by atoms with Crippen LogP contribution in [-0.2, 0) is 12.8 Å². The molecule has 2 rings (SSSR count). The minimum atomic E-state index is 0.176. The molecule has 1 aromatic carbocycles. The molecule has 0 saturated heterocycles. The SMILES string of the molecule is CCc1ccc(C(Cc2ccc(OC)c(Br)c2)NC)o1. The monoisotopic (exact) mass is 337 g/mol. The summed E-state index contributed by atoms with van der Waals surface area (Å²) < 4.78 is 12.1. The number of methoxy groups -OCH3 is 1. The van der Waals surface area contributed by atoms with Crippen LogP contribution in [0.5, 0.6) is 5.75 Å². The molecule has 0 spiro atoms. The number of rotatable bonds is 6. The summed E-state index contributed by atoms with van der Waals surface area (Å²) in [5, 5.41) is 3.31. The Kier molecular flexibility index (Phi) is 5.26. The molecule has 1 unspecified atom stereocenters. The summed E-state index contributed by atoms with van der Waals surface area (Å²) in [5.74, 6) is 2.86. The molecule has 1 heterocycles. The summed E-state index contributed by atoms with van der Waals surface area (Å²) in [6.45, 7) is 2.09. The van der Waals surface area contributed by atoms with Crippen LogP contribution in [0.15, 0.2) is 39.2 Å². The van der Waals surface area contributed by atoms with E-state index >= 15 is 0 Å². The summed E-state index contributed by atoms with van der Waals surface area (Å²) >= 11 is 3.52. The largest absolute Gasteiger partial charge is 0.496 e. The van der Waals surface area contributed by atoms with Crippen molar-refractivity contribution in [3.63, 3.8) is 0 Å². The zero-order chi connectivity index (χ0) is 14.5. The first-order chi connectivity index (χ1) is 9.67. The molecule has 1 atom stereocenters. The van der Waals surface area contributed by atoms with E-state index in [1.807, 2.05) is 19.2 Å². The first-order valence-corrected chi connectivity index (χ1v) is 7.55. The number of likely N-dealkylation sites (N-methyl/N-ethyl adjacent to an activating group) is 1. The van der Waals surface area contributed by atoms with Crippen molar-refractivity contribution in [3.8, 4) is 5.75 Å². The van der Waals surface area contributed by atoms with E-state index in [0.29, 0.717) is 0 Å². The van der Waals surface area contributed by atoms with Gasteiger partial charge in [0.15, 0.2) is 0 Å². The molecule has 2 aromatic rings. The molecule has 3 nitrogen and oxygen atoms in total. The van der Waals surface area contributed by atoms with Gasteiger partial charge in [-0.3, -0.25) is 0 Å². The molecule has 0 fully saturated rings. The number of halogens is 1. The summed E-state index contributed by atoms with van der Waals surface area (Å²) in [4.78, 5) is 0. The van der Waals surface area contributed by atoms with Gasteiger partial charge in [-0.05, 0) is 59.2 Å². The summed E-state index contributed by atoms with van der Waals surface area (Å²) in [5.41, 5.74) is 1.23. The Morgan fingerprint density at radius 2 is 2.10 bits per heavy atom. The number of aryl methyl sites for hydroxylation is 1. The van der Waals surface area contributed by atoms with Crippen LogP contribution in [0, 0.1) is 0 Å². The quantitative estimate of drug-likeness (QED) is 0.861. The van der Waals surface area contributed by atoms with Gasteiger partial charge in [0, 0.05) is 6.42 Å². The third kappa shape index (κ3) is 3.44. The molecular weight excluding hydrogens is 318 g/mol. The Balaban J connectivity index is 2.15. The number of furan rings is 1. The minimum absolute atomic E-state index is 0.176. The zero-order valence-electron chi connectivity index (χ0n) is 12.1. The van der Waals surface area contributed by atoms with Gasteiger partial charge in [0.25, 0.3) is 0 Å². The third-order valence-electron chi connectivity index (χ3n) is 3.38. The second-order valence-corrected chi connectivity index (χ2v) is 5.53. The fourth-order valence-corrected chi connectivity index (χ4v) is 2.78. The minimum Gasteiger partial charge on any atom is -0.496 e. The van der Waals surface area contributed by atoms with E-state index in [2.05, 4.69) is 46.4 Å². The summed E-state index contributed by atoms with van der Waals surface area (Å²) in [6, 6.07) is 10.4. The normalized spacial score (nSPS) is 12.4. The van der Waals surface area contributed by atoms with Gasteiger partial charge in [0.05, 0.1) is 17.6 Å². The average molecular weight is 338 g/mol. The second kappa shape index (κ2) is 6.95. The Morgan fingerprint density at radius 1 is 1.30 bits per heavy atom.